The maximum atomic E-state index is 13.0. The molecule has 0 aliphatic rings. The molecule has 0 saturated heterocycles. The molecule has 0 aliphatic carbocycles. The van der Waals surface area contributed by atoms with E-state index >= 15 is 0 Å². The number of rotatable bonds is 2. The SMILES string of the molecule is [2H]C([2H])([2H])c1cc(-c2ccc(F)cc2)ncc1[Si](C)(C)C. The molecular weight excluding hydrogens is 241 g/mol. The quantitative estimate of drug-likeness (QED) is 0.751. The van der Waals surface area contributed by atoms with Crippen LogP contribution in [-0.2, 0) is 0 Å². The lowest BCUT2D eigenvalue weighted by molar-refractivity contribution is 0.628. The molecule has 0 saturated carbocycles. The lowest BCUT2D eigenvalue weighted by Gasteiger charge is -2.19. The molecule has 0 amide bonds. The second kappa shape index (κ2) is 4.65. The predicted molar refractivity (Wildman–Crippen MR) is 77.3 cm³/mol. The molecule has 0 radical (unpaired) electrons. The Hall–Kier alpha value is -1.48. The summed E-state index contributed by atoms with van der Waals surface area (Å²) in [7, 11) is -1.80. The van der Waals surface area contributed by atoms with Gasteiger partial charge in [0.1, 0.15) is 5.82 Å². The molecule has 0 fully saturated rings. The summed E-state index contributed by atoms with van der Waals surface area (Å²) in [6, 6.07) is 7.52. The average molecular weight is 262 g/mol. The standard InChI is InChI=1S/C15H18FNSi/c1-11-9-14(12-5-7-13(16)8-6-12)17-10-15(11)18(2,3)4/h5-10H,1-4H3/i1D3. The fourth-order valence-corrected chi connectivity index (χ4v) is 3.16. The smallest absolute Gasteiger partial charge is 0.123 e. The number of hydrogen-bond acceptors (Lipinski definition) is 1. The van der Waals surface area contributed by atoms with Crippen molar-refractivity contribution in [2.45, 2.75) is 26.5 Å². The van der Waals surface area contributed by atoms with Crippen LogP contribution in [0.15, 0.2) is 36.5 Å². The molecule has 1 nitrogen and oxygen atoms in total. The van der Waals surface area contributed by atoms with Crippen molar-refractivity contribution < 1.29 is 8.50 Å². The van der Waals surface area contributed by atoms with Crippen LogP contribution in [0.2, 0.25) is 19.6 Å². The number of hydrogen-bond donors (Lipinski definition) is 0. The van der Waals surface area contributed by atoms with Gasteiger partial charge in [-0.05, 0) is 47.9 Å². The monoisotopic (exact) mass is 262 g/mol. The molecule has 3 heteroatoms. The van der Waals surface area contributed by atoms with Gasteiger partial charge >= 0.3 is 0 Å². The molecule has 94 valence electrons. The van der Waals surface area contributed by atoms with Crippen molar-refractivity contribution in [3.63, 3.8) is 0 Å². The third kappa shape index (κ3) is 2.67. The van der Waals surface area contributed by atoms with E-state index in [2.05, 4.69) is 24.6 Å². The third-order valence-electron chi connectivity index (χ3n) is 2.85. The molecule has 2 rings (SSSR count). The van der Waals surface area contributed by atoms with Crippen LogP contribution in [0.25, 0.3) is 11.3 Å². The van der Waals surface area contributed by atoms with E-state index in [1.165, 1.54) is 12.1 Å². The van der Waals surface area contributed by atoms with E-state index in [-0.39, 0.29) is 5.82 Å². The van der Waals surface area contributed by atoms with Crippen molar-refractivity contribution in [2.75, 3.05) is 0 Å². The summed E-state index contributed by atoms with van der Waals surface area (Å²) in [5, 5.41) is 0.841. The van der Waals surface area contributed by atoms with Crippen molar-refractivity contribution in [1.29, 1.82) is 0 Å². The Balaban J connectivity index is 2.60. The van der Waals surface area contributed by atoms with Crippen molar-refractivity contribution in [1.82, 2.24) is 4.98 Å². The second-order valence-electron chi connectivity index (χ2n) is 5.37. The average Bonchev–Trinajstić information content (AvgIpc) is 2.37. The second-order valence-corrected chi connectivity index (χ2v) is 10.4. The minimum Gasteiger partial charge on any atom is -0.256 e. The van der Waals surface area contributed by atoms with E-state index in [1.54, 1.807) is 24.4 Å². The fourth-order valence-electron chi connectivity index (χ4n) is 1.83. The summed E-state index contributed by atoms with van der Waals surface area (Å²) >= 11 is 0. The lowest BCUT2D eigenvalue weighted by atomic mass is 10.1. The molecule has 1 aromatic carbocycles. The van der Waals surface area contributed by atoms with Gasteiger partial charge in [0.2, 0.25) is 0 Å². The molecule has 0 bridgehead atoms. The summed E-state index contributed by atoms with van der Waals surface area (Å²) in [6.45, 7) is 4.11. The van der Waals surface area contributed by atoms with Gasteiger partial charge in [-0.1, -0.05) is 19.6 Å². The van der Waals surface area contributed by atoms with Gasteiger partial charge in [-0.3, -0.25) is 4.98 Å². The van der Waals surface area contributed by atoms with Gasteiger partial charge < -0.3 is 0 Å². The summed E-state index contributed by atoms with van der Waals surface area (Å²) in [6.07, 6.45) is 1.67. The maximum absolute atomic E-state index is 13.0. The molecule has 0 spiro atoms. The number of nitrogens with zero attached hydrogens (tertiary/aromatic N) is 1. The van der Waals surface area contributed by atoms with Crippen LogP contribution < -0.4 is 5.19 Å². The van der Waals surface area contributed by atoms with Crippen LogP contribution >= 0.6 is 0 Å². The van der Waals surface area contributed by atoms with Crippen LogP contribution in [-0.4, -0.2) is 13.1 Å². The molecule has 2 aromatic rings. The Morgan fingerprint density at radius 2 is 1.83 bits per heavy atom. The Kier molecular flexibility index (Phi) is 2.44. The number of aryl methyl sites for hydroxylation is 1. The molecule has 0 unspecified atom stereocenters. The lowest BCUT2D eigenvalue weighted by Crippen LogP contribution is -2.39. The highest BCUT2D eigenvalue weighted by Gasteiger charge is 2.19. The van der Waals surface area contributed by atoms with Gasteiger partial charge in [-0.2, -0.15) is 0 Å². The third-order valence-corrected chi connectivity index (χ3v) is 4.87. The van der Waals surface area contributed by atoms with Gasteiger partial charge in [-0.25, -0.2) is 4.39 Å². The summed E-state index contributed by atoms with van der Waals surface area (Å²) < 4.78 is 36.3. The first-order valence-corrected chi connectivity index (χ1v) is 9.36. The summed E-state index contributed by atoms with van der Waals surface area (Å²) in [4.78, 5) is 4.38. The highest BCUT2D eigenvalue weighted by molar-refractivity contribution is 6.89. The van der Waals surface area contributed by atoms with E-state index in [0.29, 0.717) is 16.8 Å². The van der Waals surface area contributed by atoms with Gasteiger partial charge in [0, 0.05) is 15.9 Å². The zero-order valence-electron chi connectivity index (χ0n) is 13.8. The summed E-state index contributed by atoms with van der Waals surface area (Å²) in [5.74, 6) is -0.325. The molecule has 1 aromatic heterocycles. The Morgan fingerprint density at radius 3 is 2.39 bits per heavy atom. The van der Waals surface area contributed by atoms with Crippen LogP contribution in [0.1, 0.15) is 9.68 Å². The van der Waals surface area contributed by atoms with Gasteiger partial charge in [-0.15, -0.1) is 0 Å². The number of benzene rings is 1. The molecule has 0 atom stereocenters. The Bertz CT molecular complexity index is 645. The topological polar surface area (TPSA) is 12.9 Å². The zero-order chi connectivity index (χ0) is 15.8. The van der Waals surface area contributed by atoms with Crippen LogP contribution in [0.3, 0.4) is 0 Å². The van der Waals surface area contributed by atoms with Crippen molar-refractivity contribution >= 4 is 13.3 Å². The Labute approximate surface area is 113 Å². The molecule has 18 heavy (non-hydrogen) atoms. The van der Waals surface area contributed by atoms with Gasteiger partial charge in [0.25, 0.3) is 0 Å². The first kappa shape index (κ1) is 9.45. The molecular formula is C15H18FNSi. The minimum atomic E-state index is -2.17. The number of aromatic nitrogens is 1. The van der Waals surface area contributed by atoms with Crippen LogP contribution in [0.4, 0.5) is 4.39 Å². The van der Waals surface area contributed by atoms with Crippen molar-refractivity contribution in [2.24, 2.45) is 0 Å². The minimum absolute atomic E-state index is 0.325. The van der Waals surface area contributed by atoms with Gasteiger partial charge in [0.05, 0.1) is 13.8 Å². The first-order valence-electron chi connectivity index (χ1n) is 7.36. The maximum Gasteiger partial charge on any atom is 0.123 e. The van der Waals surface area contributed by atoms with E-state index in [1.807, 2.05) is 0 Å². The van der Waals surface area contributed by atoms with E-state index in [0.717, 1.165) is 5.19 Å². The predicted octanol–water partition coefficient (Wildman–Crippen LogP) is 3.74. The van der Waals surface area contributed by atoms with Crippen molar-refractivity contribution in [3.8, 4) is 11.3 Å². The van der Waals surface area contributed by atoms with E-state index in [4.69, 9.17) is 4.11 Å². The first-order chi connectivity index (χ1) is 9.59. The molecule has 0 aliphatic heterocycles. The van der Waals surface area contributed by atoms with Crippen LogP contribution in [0.5, 0.6) is 0 Å². The van der Waals surface area contributed by atoms with Crippen molar-refractivity contribution in [3.05, 3.63) is 47.9 Å². The molecule has 1 heterocycles. The largest absolute Gasteiger partial charge is 0.256 e. The normalized spacial score (nSPS) is 14.8. The van der Waals surface area contributed by atoms with Crippen LogP contribution in [0, 0.1) is 12.7 Å². The summed E-state index contributed by atoms with van der Waals surface area (Å²) in [5.41, 5.74) is 1.63. The zero-order valence-corrected chi connectivity index (χ0v) is 11.8. The molecule has 0 N–H and O–H groups in total. The number of halogens is 1. The Morgan fingerprint density at radius 1 is 1.17 bits per heavy atom. The highest BCUT2D eigenvalue weighted by atomic mass is 28.3. The van der Waals surface area contributed by atoms with E-state index < -0.39 is 14.9 Å². The fraction of sp³-hybridized carbons (Fsp3) is 0.267. The number of pyridine rings is 1. The van der Waals surface area contributed by atoms with E-state index in [9.17, 15) is 4.39 Å². The van der Waals surface area contributed by atoms with Gasteiger partial charge in [0.15, 0.2) is 0 Å². The highest BCUT2D eigenvalue weighted by Crippen LogP contribution is 2.18.